The standard InChI is InChI=1S/C59H108O4/c1-3-5-7-9-11-13-15-17-19-21-23-25-27-29-31-33-35-37-39-41-43-45-47-49-51-53-55-62-57-58(56-60)63-59(61)54-52-50-48-46-44-42-40-38-36-34-32-30-28-26-24-22-20-18-16-14-12-10-8-6-4-2/h6,8,12,14,18,20-21,23-24,26,58,60H,3-5,7,9-11,13,15-17,19,22,25,27-57H2,1-2H3/b8-6-,14-12-,20-18-,23-21-,26-24-. The molecule has 0 aromatic carbocycles. The third-order valence-electron chi connectivity index (χ3n) is 12.3. The maximum Gasteiger partial charge on any atom is 0.306 e. The molecule has 368 valence electrons. The fourth-order valence-electron chi connectivity index (χ4n) is 8.20. The second kappa shape index (κ2) is 56.2. The highest BCUT2D eigenvalue weighted by Gasteiger charge is 2.13. The molecule has 0 radical (unpaired) electrons. The third-order valence-corrected chi connectivity index (χ3v) is 12.3. The Morgan fingerprint density at radius 1 is 0.397 bits per heavy atom. The first-order valence-electron chi connectivity index (χ1n) is 27.9. The molecule has 0 aromatic heterocycles. The van der Waals surface area contributed by atoms with Crippen molar-refractivity contribution in [3.63, 3.8) is 0 Å². The minimum atomic E-state index is -0.538. The number of aliphatic hydroxyl groups excluding tert-OH is 1. The Kier molecular flexibility index (Phi) is 54.5. The smallest absolute Gasteiger partial charge is 0.306 e. The van der Waals surface area contributed by atoms with Gasteiger partial charge in [0.2, 0.25) is 0 Å². The highest BCUT2D eigenvalue weighted by atomic mass is 16.6. The van der Waals surface area contributed by atoms with Gasteiger partial charge < -0.3 is 14.6 Å². The minimum absolute atomic E-state index is 0.172. The summed E-state index contributed by atoms with van der Waals surface area (Å²) < 4.78 is 11.2. The van der Waals surface area contributed by atoms with Gasteiger partial charge in [0.05, 0.1) is 13.2 Å². The highest BCUT2D eigenvalue weighted by molar-refractivity contribution is 5.69. The van der Waals surface area contributed by atoms with E-state index in [-0.39, 0.29) is 12.6 Å². The van der Waals surface area contributed by atoms with E-state index in [1.165, 1.54) is 218 Å². The first-order valence-corrected chi connectivity index (χ1v) is 27.9. The van der Waals surface area contributed by atoms with Crippen LogP contribution in [0.4, 0.5) is 0 Å². The number of carbonyl (C=O) groups is 1. The van der Waals surface area contributed by atoms with Crippen LogP contribution in [0.25, 0.3) is 0 Å². The fraction of sp³-hybridized carbons (Fsp3) is 0.814. The zero-order valence-electron chi connectivity index (χ0n) is 42.3. The summed E-state index contributed by atoms with van der Waals surface area (Å²) in [4.78, 5) is 12.3. The van der Waals surface area contributed by atoms with Gasteiger partial charge in [-0.25, -0.2) is 0 Å². The molecule has 0 aliphatic heterocycles. The highest BCUT2D eigenvalue weighted by Crippen LogP contribution is 2.16. The molecular formula is C59H108O4. The topological polar surface area (TPSA) is 55.8 Å². The van der Waals surface area contributed by atoms with Gasteiger partial charge >= 0.3 is 5.97 Å². The van der Waals surface area contributed by atoms with E-state index in [0.717, 1.165) is 44.9 Å². The monoisotopic (exact) mass is 881 g/mol. The molecule has 0 bridgehead atoms. The van der Waals surface area contributed by atoms with Crippen LogP contribution in [0.15, 0.2) is 60.8 Å². The van der Waals surface area contributed by atoms with Crippen LogP contribution < -0.4 is 0 Å². The largest absolute Gasteiger partial charge is 0.457 e. The van der Waals surface area contributed by atoms with E-state index in [4.69, 9.17) is 9.47 Å². The zero-order valence-corrected chi connectivity index (χ0v) is 42.3. The molecule has 1 N–H and O–H groups in total. The van der Waals surface area contributed by atoms with Gasteiger partial charge in [0, 0.05) is 13.0 Å². The van der Waals surface area contributed by atoms with Crippen molar-refractivity contribution in [2.24, 2.45) is 0 Å². The summed E-state index contributed by atoms with van der Waals surface area (Å²) >= 11 is 0. The van der Waals surface area contributed by atoms with Crippen molar-refractivity contribution in [2.45, 2.75) is 290 Å². The summed E-state index contributed by atoms with van der Waals surface area (Å²) in [5.74, 6) is -0.200. The maximum absolute atomic E-state index is 12.3. The van der Waals surface area contributed by atoms with E-state index in [1.54, 1.807) is 0 Å². The molecule has 4 heteroatoms. The van der Waals surface area contributed by atoms with E-state index < -0.39 is 6.10 Å². The van der Waals surface area contributed by atoms with Crippen molar-refractivity contribution in [1.29, 1.82) is 0 Å². The number of allylic oxidation sites excluding steroid dienone is 10. The predicted octanol–water partition coefficient (Wildman–Crippen LogP) is 19.1. The van der Waals surface area contributed by atoms with Gasteiger partial charge in [0.25, 0.3) is 0 Å². The number of rotatable bonds is 52. The number of hydrogen-bond donors (Lipinski definition) is 1. The second-order valence-corrected chi connectivity index (χ2v) is 18.6. The summed E-state index contributed by atoms with van der Waals surface area (Å²) in [6.07, 6.45) is 76.2. The van der Waals surface area contributed by atoms with Crippen LogP contribution in [0.5, 0.6) is 0 Å². The van der Waals surface area contributed by atoms with Gasteiger partial charge in [0.1, 0.15) is 6.10 Å². The molecule has 1 unspecified atom stereocenters. The summed E-state index contributed by atoms with van der Waals surface area (Å²) in [6, 6.07) is 0. The van der Waals surface area contributed by atoms with E-state index in [9.17, 15) is 9.90 Å². The van der Waals surface area contributed by atoms with Crippen LogP contribution >= 0.6 is 0 Å². The molecule has 0 heterocycles. The van der Waals surface area contributed by atoms with E-state index >= 15 is 0 Å². The molecule has 63 heavy (non-hydrogen) atoms. The van der Waals surface area contributed by atoms with Crippen LogP contribution in [0, 0.1) is 0 Å². The van der Waals surface area contributed by atoms with Crippen LogP contribution in [-0.2, 0) is 14.3 Å². The molecule has 0 spiro atoms. The van der Waals surface area contributed by atoms with Crippen molar-refractivity contribution < 1.29 is 19.4 Å². The number of unbranched alkanes of at least 4 members (excludes halogenated alkanes) is 34. The molecular weight excluding hydrogens is 773 g/mol. The number of ether oxygens (including phenoxy) is 2. The van der Waals surface area contributed by atoms with E-state index in [1.807, 2.05) is 0 Å². The van der Waals surface area contributed by atoms with Crippen LogP contribution in [-0.4, -0.2) is 37.0 Å². The first-order chi connectivity index (χ1) is 31.2. The lowest BCUT2D eigenvalue weighted by Crippen LogP contribution is -2.27. The average molecular weight is 882 g/mol. The predicted molar refractivity (Wildman–Crippen MR) is 279 cm³/mol. The molecule has 0 rings (SSSR count). The molecule has 4 nitrogen and oxygen atoms in total. The van der Waals surface area contributed by atoms with Gasteiger partial charge in [-0.3, -0.25) is 4.79 Å². The quantitative estimate of drug-likeness (QED) is 0.0376. The van der Waals surface area contributed by atoms with E-state index in [2.05, 4.69) is 74.6 Å². The summed E-state index contributed by atoms with van der Waals surface area (Å²) in [5.41, 5.74) is 0. The zero-order chi connectivity index (χ0) is 45.5. The van der Waals surface area contributed by atoms with Crippen molar-refractivity contribution in [1.82, 2.24) is 0 Å². The van der Waals surface area contributed by atoms with Gasteiger partial charge in [0.15, 0.2) is 0 Å². The summed E-state index contributed by atoms with van der Waals surface area (Å²) in [5, 5.41) is 9.68. The van der Waals surface area contributed by atoms with Crippen molar-refractivity contribution in [2.75, 3.05) is 19.8 Å². The number of hydrogen-bond acceptors (Lipinski definition) is 4. The Morgan fingerprint density at radius 3 is 1.10 bits per heavy atom. The fourth-order valence-corrected chi connectivity index (χ4v) is 8.20. The van der Waals surface area contributed by atoms with Crippen LogP contribution in [0.1, 0.15) is 284 Å². The number of carbonyl (C=O) groups excluding carboxylic acids is 1. The van der Waals surface area contributed by atoms with Gasteiger partial charge in [-0.05, 0) is 77.0 Å². The van der Waals surface area contributed by atoms with Crippen LogP contribution in [0.3, 0.4) is 0 Å². The van der Waals surface area contributed by atoms with Crippen molar-refractivity contribution in [3.05, 3.63) is 60.8 Å². The Bertz CT molecular complexity index is 1020. The lowest BCUT2D eigenvalue weighted by molar-refractivity contribution is -0.154. The molecule has 0 saturated heterocycles. The second-order valence-electron chi connectivity index (χ2n) is 18.6. The minimum Gasteiger partial charge on any atom is -0.457 e. The summed E-state index contributed by atoms with van der Waals surface area (Å²) in [7, 11) is 0. The van der Waals surface area contributed by atoms with Crippen molar-refractivity contribution in [3.8, 4) is 0 Å². The first kappa shape index (κ1) is 61.1. The molecule has 0 amide bonds. The molecule has 0 fully saturated rings. The number of esters is 1. The summed E-state index contributed by atoms with van der Waals surface area (Å²) in [6.45, 7) is 5.27. The molecule has 0 aliphatic carbocycles. The normalized spacial score (nSPS) is 12.7. The van der Waals surface area contributed by atoms with Gasteiger partial charge in [-0.2, -0.15) is 0 Å². The molecule has 0 aromatic rings. The Labute approximate surface area is 394 Å². The van der Waals surface area contributed by atoms with Crippen LogP contribution in [0.2, 0.25) is 0 Å². The molecule has 0 aliphatic rings. The molecule has 1 atom stereocenters. The Hall–Kier alpha value is -1.91. The average Bonchev–Trinajstić information content (AvgIpc) is 3.29. The van der Waals surface area contributed by atoms with Gasteiger partial charge in [-0.15, -0.1) is 0 Å². The third kappa shape index (κ3) is 54.3. The van der Waals surface area contributed by atoms with Crippen molar-refractivity contribution >= 4 is 5.97 Å². The van der Waals surface area contributed by atoms with E-state index in [0.29, 0.717) is 19.6 Å². The Morgan fingerprint density at radius 2 is 0.714 bits per heavy atom. The lowest BCUT2D eigenvalue weighted by atomic mass is 10.0. The molecule has 0 saturated carbocycles. The maximum atomic E-state index is 12.3. The number of aliphatic hydroxyl groups is 1. The lowest BCUT2D eigenvalue weighted by Gasteiger charge is -2.16. The van der Waals surface area contributed by atoms with Gasteiger partial charge in [-0.1, -0.05) is 261 Å². The SMILES string of the molecule is CC/C=C\C/C=C\C/C=C\C/C=C\CCCCCCCCCCCCCCC(=O)OC(CO)COCCCCCCCCCCCCCCCC/C=C\CCCCCCCCCC. The Balaban J connectivity index is 3.38.